The van der Waals surface area contributed by atoms with Crippen LogP contribution in [0.3, 0.4) is 0 Å². The van der Waals surface area contributed by atoms with E-state index in [1.165, 1.54) is 11.3 Å². The fourth-order valence-electron chi connectivity index (χ4n) is 3.02. The molecule has 0 saturated carbocycles. The van der Waals surface area contributed by atoms with Gasteiger partial charge in [0.2, 0.25) is 5.91 Å². The Morgan fingerprint density at radius 1 is 1.29 bits per heavy atom. The van der Waals surface area contributed by atoms with Crippen LogP contribution in [0.4, 0.5) is 5.69 Å². The topological polar surface area (TPSA) is 69.7 Å². The molecule has 1 N–H and O–H groups in total. The number of thiazole rings is 1. The number of aromatic nitrogens is 1. The summed E-state index contributed by atoms with van der Waals surface area (Å²) in [4.78, 5) is 16.9. The van der Waals surface area contributed by atoms with Gasteiger partial charge in [0.15, 0.2) is 0 Å². The van der Waals surface area contributed by atoms with Crippen molar-refractivity contribution in [3.8, 4) is 17.2 Å². The van der Waals surface area contributed by atoms with Gasteiger partial charge in [-0.05, 0) is 30.2 Å². The highest BCUT2D eigenvalue weighted by molar-refractivity contribution is 7.07. The lowest BCUT2D eigenvalue weighted by Crippen LogP contribution is -2.32. The highest BCUT2D eigenvalue weighted by atomic mass is 32.1. The van der Waals surface area contributed by atoms with E-state index in [0.717, 1.165) is 22.8 Å². The first-order valence-corrected chi connectivity index (χ1v) is 9.86. The molecule has 1 aromatic heterocycles. The second-order valence-corrected chi connectivity index (χ2v) is 7.19. The fourth-order valence-corrected chi connectivity index (χ4v) is 3.57. The lowest BCUT2D eigenvalue weighted by Gasteiger charge is -2.25. The van der Waals surface area contributed by atoms with Crippen molar-refractivity contribution in [2.45, 2.75) is 13.0 Å². The molecular formula is C21H20N2O4S. The largest absolute Gasteiger partial charge is 0.497 e. The summed E-state index contributed by atoms with van der Waals surface area (Å²) in [7, 11) is 1.62. The summed E-state index contributed by atoms with van der Waals surface area (Å²) in [6.07, 6.45) is 0.630. The standard InChI is InChI=1S/C21H20N2O4S/c1-25-18-6-5-14-7-15(10-27-20(14)9-18)21(24)23-16-3-2-4-19(8-16)26-11-17-12-28-13-22-17/h2-6,8-9,12-13,15H,7,10-11H2,1H3,(H,23,24). The number of carbonyl (C=O) groups excluding carboxylic acids is 1. The van der Waals surface area contributed by atoms with Crippen molar-refractivity contribution in [3.63, 3.8) is 0 Å². The van der Waals surface area contributed by atoms with E-state index in [9.17, 15) is 4.79 Å². The summed E-state index contributed by atoms with van der Waals surface area (Å²) in [6, 6.07) is 13.0. The minimum Gasteiger partial charge on any atom is -0.497 e. The lowest BCUT2D eigenvalue weighted by atomic mass is 9.96. The van der Waals surface area contributed by atoms with Gasteiger partial charge in [0.05, 0.1) is 24.2 Å². The number of nitrogens with zero attached hydrogens (tertiary/aromatic N) is 1. The van der Waals surface area contributed by atoms with Crippen LogP contribution in [0, 0.1) is 5.92 Å². The van der Waals surface area contributed by atoms with Crippen molar-refractivity contribution in [1.29, 1.82) is 0 Å². The van der Waals surface area contributed by atoms with E-state index in [1.807, 2.05) is 47.8 Å². The van der Waals surface area contributed by atoms with Gasteiger partial charge in [0.25, 0.3) is 0 Å². The Labute approximate surface area is 167 Å². The van der Waals surface area contributed by atoms with Crippen LogP contribution < -0.4 is 19.5 Å². The van der Waals surface area contributed by atoms with Gasteiger partial charge in [-0.25, -0.2) is 4.98 Å². The van der Waals surface area contributed by atoms with Crippen molar-refractivity contribution in [2.75, 3.05) is 19.0 Å². The zero-order valence-corrected chi connectivity index (χ0v) is 16.2. The average Bonchev–Trinajstić information content (AvgIpc) is 3.25. The first-order chi connectivity index (χ1) is 13.7. The maximum atomic E-state index is 12.7. The Kier molecular flexibility index (Phi) is 5.43. The molecule has 1 unspecified atom stereocenters. The molecule has 1 aliphatic heterocycles. The van der Waals surface area contributed by atoms with E-state index in [1.54, 1.807) is 12.6 Å². The number of nitrogens with one attached hydrogen (secondary N) is 1. The molecule has 0 saturated heterocycles. The Morgan fingerprint density at radius 2 is 2.21 bits per heavy atom. The average molecular weight is 396 g/mol. The Hall–Kier alpha value is -3.06. The summed E-state index contributed by atoms with van der Waals surface area (Å²) in [5, 5.41) is 4.91. The molecule has 0 radical (unpaired) electrons. The van der Waals surface area contributed by atoms with Crippen LogP contribution in [0.5, 0.6) is 17.2 Å². The van der Waals surface area contributed by atoms with Crippen LogP contribution in [0.15, 0.2) is 53.4 Å². The summed E-state index contributed by atoms with van der Waals surface area (Å²) in [5.74, 6) is 1.89. The van der Waals surface area contributed by atoms with Crippen LogP contribution in [-0.2, 0) is 17.8 Å². The van der Waals surface area contributed by atoms with Crippen LogP contribution >= 0.6 is 11.3 Å². The molecule has 144 valence electrons. The molecule has 0 spiro atoms. The molecule has 0 bridgehead atoms. The van der Waals surface area contributed by atoms with E-state index in [0.29, 0.717) is 31.1 Å². The number of benzene rings is 2. The number of anilines is 1. The number of amides is 1. The number of carbonyl (C=O) groups is 1. The van der Waals surface area contributed by atoms with Crippen molar-refractivity contribution in [3.05, 3.63) is 64.6 Å². The van der Waals surface area contributed by atoms with Gasteiger partial charge in [0.1, 0.15) is 30.5 Å². The third-order valence-electron chi connectivity index (χ3n) is 4.52. The van der Waals surface area contributed by atoms with E-state index in [-0.39, 0.29) is 11.8 Å². The normalized spacial score (nSPS) is 15.2. The lowest BCUT2D eigenvalue weighted by molar-refractivity contribution is -0.121. The molecular weight excluding hydrogens is 376 g/mol. The molecule has 0 aliphatic carbocycles. The van der Waals surface area contributed by atoms with E-state index in [4.69, 9.17) is 14.2 Å². The van der Waals surface area contributed by atoms with Gasteiger partial charge in [-0.3, -0.25) is 4.79 Å². The maximum Gasteiger partial charge on any atom is 0.231 e. The monoisotopic (exact) mass is 396 g/mol. The van der Waals surface area contributed by atoms with Gasteiger partial charge in [0, 0.05) is 23.2 Å². The molecule has 1 aliphatic rings. The smallest absolute Gasteiger partial charge is 0.231 e. The second-order valence-electron chi connectivity index (χ2n) is 6.47. The third kappa shape index (κ3) is 4.26. The Bertz CT molecular complexity index is 959. The quantitative estimate of drug-likeness (QED) is 0.684. The molecule has 1 atom stereocenters. The predicted molar refractivity (Wildman–Crippen MR) is 107 cm³/mol. The van der Waals surface area contributed by atoms with Crippen molar-refractivity contribution in [1.82, 2.24) is 4.98 Å². The molecule has 3 aromatic rings. The summed E-state index contributed by atoms with van der Waals surface area (Å²) in [6.45, 7) is 0.740. The van der Waals surface area contributed by atoms with Crippen LogP contribution in [-0.4, -0.2) is 24.6 Å². The number of hydrogen-bond acceptors (Lipinski definition) is 6. The van der Waals surface area contributed by atoms with Crippen LogP contribution in [0.25, 0.3) is 0 Å². The van der Waals surface area contributed by atoms with Crippen molar-refractivity contribution < 1.29 is 19.0 Å². The van der Waals surface area contributed by atoms with Crippen molar-refractivity contribution >= 4 is 22.9 Å². The van der Waals surface area contributed by atoms with E-state index in [2.05, 4.69) is 10.3 Å². The number of rotatable bonds is 6. The molecule has 2 heterocycles. The molecule has 2 aromatic carbocycles. The molecule has 4 rings (SSSR count). The van der Waals surface area contributed by atoms with Crippen LogP contribution in [0.1, 0.15) is 11.3 Å². The van der Waals surface area contributed by atoms with E-state index >= 15 is 0 Å². The van der Waals surface area contributed by atoms with Crippen LogP contribution in [0.2, 0.25) is 0 Å². The number of hydrogen-bond donors (Lipinski definition) is 1. The third-order valence-corrected chi connectivity index (χ3v) is 5.16. The summed E-state index contributed by atoms with van der Waals surface area (Å²) in [5.41, 5.74) is 4.36. The van der Waals surface area contributed by atoms with Gasteiger partial charge in [-0.2, -0.15) is 0 Å². The van der Waals surface area contributed by atoms with Gasteiger partial charge >= 0.3 is 0 Å². The van der Waals surface area contributed by atoms with E-state index < -0.39 is 0 Å². The number of fused-ring (bicyclic) bond motifs is 1. The molecule has 1 amide bonds. The highest BCUT2D eigenvalue weighted by Crippen LogP contribution is 2.31. The van der Waals surface area contributed by atoms with Gasteiger partial charge in [-0.15, -0.1) is 11.3 Å². The Balaban J connectivity index is 1.37. The SMILES string of the molecule is COc1ccc2c(c1)OCC(C(=O)Nc1cccc(OCc3cscn3)c1)C2. The number of methoxy groups -OCH3 is 1. The fraction of sp³-hybridized carbons (Fsp3) is 0.238. The zero-order valence-electron chi connectivity index (χ0n) is 15.4. The summed E-state index contributed by atoms with van der Waals surface area (Å²) < 4.78 is 16.7. The Morgan fingerprint density at radius 3 is 3.04 bits per heavy atom. The number of ether oxygens (including phenoxy) is 3. The first-order valence-electron chi connectivity index (χ1n) is 8.92. The maximum absolute atomic E-state index is 12.7. The molecule has 28 heavy (non-hydrogen) atoms. The zero-order chi connectivity index (χ0) is 19.3. The van der Waals surface area contributed by atoms with Crippen molar-refractivity contribution in [2.24, 2.45) is 5.92 Å². The van der Waals surface area contributed by atoms with Gasteiger partial charge < -0.3 is 19.5 Å². The summed E-state index contributed by atoms with van der Waals surface area (Å²) >= 11 is 1.53. The molecule has 0 fully saturated rings. The molecule has 7 heteroatoms. The van der Waals surface area contributed by atoms with Gasteiger partial charge in [-0.1, -0.05) is 12.1 Å². The highest BCUT2D eigenvalue weighted by Gasteiger charge is 2.26. The molecule has 6 nitrogen and oxygen atoms in total. The second kappa shape index (κ2) is 8.31. The first kappa shape index (κ1) is 18.3. The minimum absolute atomic E-state index is 0.0712. The minimum atomic E-state index is -0.250. The predicted octanol–water partition coefficient (Wildman–Crippen LogP) is 3.92.